The van der Waals surface area contributed by atoms with Gasteiger partial charge in [0.1, 0.15) is 11.3 Å². The number of nitrogens with two attached hydrogens (primary N) is 1. The Labute approximate surface area is 206 Å². The normalized spacial score (nSPS) is 10.9. The maximum Gasteiger partial charge on any atom is 0.263 e. The molecule has 0 saturated carbocycles. The van der Waals surface area contributed by atoms with Gasteiger partial charge >= 0.3 is 0 Å². The van der Waals surface area contributed by atoms with Gasteiger partial charge in [-0.1, -0.05) is 48.5 Å². The molecule has 5 aromatic rings. The number of carbonyl (C=O) groups excluding carboxylic acids is 1. The molecule has 0 saturated heterocycles. The smallest absolute Gasteiger partial charge is 0.263 e. The lowest BCUT2D eigenvalue weighted by atomic mass is 10.0. The molecule has 174 valence electrons. The van der Waals surface area contributed by atoms with Crippen molar-refractivity contribution in [3.63, 3.8) is 0 Å². The molecule has 35 heavy (non-hydrogen) atoms. The van der Waals surface area contributed by atoms with Crippen LogP contribution in [0.4, 0.5) is 11.6 Å². The average Bonchev–Trinajstić information content (AvgIpc) is 3.21. The number of benzene rings is 3. The lowest BCUT2D eigenvalue weighted by Crippen LogP contribution is -2.18. The molecule has 7 nitrogen and oxygen atoms in total. The fourth-order valence-electron chi connectivity index (χ4n) is 3.93. The second-order valence-electron chi connectivity index (χ2n) is 8.16. The molecule has 2 heterocycles. The Morgan fingerprint density at radius 3 is 2.40 bits per heavy atom. The Morgan fingerprint density at radius 2 is 1.66 bits per heavy atom. The van der Waals surface area contributed by atoms with E-state index in [0.717, 1.165) is 37.6 Å². The van der Waals surface area contributed by atoms with Crippen molar-refractivity contribution in [2.45, 2.75) is 20.8 Å². The minimum Gasteiger partial charge on any atom is -0.438 e. The lowest BCUT2D eigenvalue weighted by molar-refractivity contribution is 0.102. The molecule has 0 radical (unpaired) electrons. The number of aryl methyl sites for hydroxylation is 3. The number of ether oxygens (including phenoxy) is 1. The fraction of sp³-hybridized carbons (Fsp3) is 0.111. The zero-order chi connectivity index (χ0) is 24.5. The van der Waals surface area contributed by atoms with Gasteiger partial charge < -0.3 is 15.8 Å². The van der Waals surface area contributed by atoms with Crippen molar-refractivity contribution in [2.24, 2.45) is 0 Å². The minimum absolute atomic E-state index is 0.00746. The number of thiazole rings is 1. The van der Waals surface area contributed by atoms with Gasteiger partial charge in [0.2, 0.25) is 11.8 Å². The van der Waals surface area contributed by atoms with Crippen molar-refractivity contribution >= 4 is 39.1 Å². The Hall–Kier alpha value is -4.30. The van der Waals surface area contributed by atoms with Crippen LogP contribution in [-0.4, -0.2) is 20.9 Å². The number of anilines is 2. The molecular weight excluding hydrogens is 458 g/mol. The number of nitrogens with zero attached hydrogens (tertiary/aromatic N) is 3. The molecule has 0 aliphatic heterocycles. The van der Waals surface area contributed by atoms with E-state index in [0.29, 0.717) is 11.4 Å². The van der Waals surface area contributed by atoms with Gasteiger partial charge in [0.05, 0.1) is 20.9 Å². The number of hydrogen-bond acceptors (Lipinski definition) is 7. The van der Waals surface area contributed by atoms with Crippen molar-refractivity contribution in [3.8, 4) is 22.9 Å². The van der Waals surface area contributed by atoms with Gasteiger partial charge in [-0.2, -0.15) is 4.98 Å². The fourth-order valence-corrected chi connectivity index (χ4v) is 4.73. The van der Waals surface area contributed by atoms with Crippen LogP contribution in [-0.2, 0) is 0 Å². The van der Waals surface area contributed by atoms with Crippen LogP contribution in [0, 0.1) is 20.8 Å². The summed E-state index contributed by atoms with van der Waals surface area (Å²) in [4.78, 5) is 27.0. The maximum absolute atomic E-state index is 13.7. The van der Waals surface area contributed by atoms with Crippen molar-refractivity contribution in [3.05, 3.63) is 88.4 Å². The van der Waals surface area contributed by atoms with Gasteiger partial charge in [-0.15, -0.1) is 11.3 Å². The molecule has 2 aromatic heterocycles. The van der Waals surface area contributed by atoms with Crippen LogP contribution in [0.1, 0.15) is 26.5 Å². The number of para-hydroxylation sites is 1. The second kappa shape index (κ2) is 9.15. The van der Waals surface area contributed by atoms with Crippen molar-refractivity contribution in [1.29, 1.82) is 0 Å². The van der Waals surface area contributed by atoms with Crippen LogP contribution in [0.2, 0.25) is 0 Å². The molecule has 0 fully saturated rings. The number of amides is 1. The van der Waals surface area contributed by atoms with Gasteiger partial charge in [-0.25, -0.2) is 9.97 Å². The zero-order valence-electron chi connectivity index (χ0n) is 19.5. The summed E-state index contributed by atoms with van der Waals surface area (Å²) in [5, 5.41) is 3.99. The topological polar surface area (TPSA) is 103 Å². The van der Waals surface area contributed by atoms with E-state index < -0.39 is 0 Å². The van der Waals surface area contributed by atoms with E-state index in [1.54, 1.807) is 11.3 Å². The number of carbonyl (C=O) groups is 1. The molecule has 3 aromatic carbocycles. The van der Waals surface area contributed by atoms with Crippen LogP contribution in [0.15, 0.2) is 66.7 Å². The number of hydrogen-bond donors (Lipinski definition) is 2. The lowest BCUT2D eigenvalue weighted by Gasteiger charge is -2.16. The summed E-state index contributed by atoms with van der Waals surface area (Å²) in [6.07, 6.45) is 0. The number of rotatable bonds is 5. The molecule has 0 aliphatic rings. The van der Waals surface area contributed by atoms with Crippen LogP contribution in [0.25, 0.3) is 21.5 Å². The number of nitrogens with one attached hydrogen (secondary N) is 1. The molecule has 3 N–H and O–H groups in total. The van der Waals surface area contributed by atoms with E-state index in [9.17, 15) is 4.79 Å². The first kappa shape index (κ1) is 22.5. The van der Waals surface area contributed by atoms with E-state index in [4.69, 9.17) is 10.5 Å². The Morgan fingerprint density at radius 1 is 0.914 bits per heavy atom. The van der Waals surface area contributed by atoms with Gasteiger partial charge in [0.15, 0.2) is 0 Å². The zero-order valence-corrected chi connectivity index (χ0v) is 20.3. The van der Waals surface area contributed by atoms with Crippen LogP contribution in [0.5, 0.6) is 11.6 Å². The van der Waals surface area contributed by atoms with Crippen LogP contribution >= 0.6 is 11.3 Å². The molecule has 5 rings (SSSR count). The van der Waals surface area contributed by atoms with Crippen molar-refractivity contribution in [2.75, 3.05) is 11.1 Å². The Kier molecular flexibility index (Phi) is 5.88. The summed E-state index contributed by atoms with van der Waals surface area (Å²) in [6, 6.07) is 20.8. The first-order valence-electron chi connectivity index (χ1n) is 11.0. The van der Waals surface area contributed by atoms with Crippen LogP contribution < -0.4 is 15.8 Å². The maximum atomic E-state index is 13.7. The Balaban J connectivity index is 1.64. The third-order valence-electron chi connectivity index (χ3n) is 5.57. The molecule has 1 amide bonds. The average molecular weight is 482 g/mol. The summed E-state index contributed by atoms with van der Waals surface area (Å²) >= 11 is 1.60. The largest absolute Gasteiger partial charge is 0.438 e. The molecule has 0 atom stereocenters. The molecule has 0 bridgehead atoms. The van der Waals surface area contributed by atoms with Gasteiger partial charge in [0.25, 0.3) is 5.91 Å². The first-order valence-corrected chi connectivity index (χ1v) is 11.9. The van der Waals surface area contributed by atoms with E-state index in [2.05, 4.69) is 20.3 Å². The highest BCUT2D eigenvalue weighted by atomic mass is 32.1. The SMILES string of the molecule is Cc1nc2cc(Oc3nc(N)nc(-c4ccccc4)c3C(=O)Nc3c(C)cccc3C)ccc2s1. The molecule has 0 unspecified atom stereocenters. The predicted octanol–water partition coefficient (Wildman–Crippen LogP) is 6.31. The van der Waals surface area contributed by atoms with Gasteiger partial charge in [-0.3, -0.25) is 4.79 Å². The second-order valence-corrected chi connectivity index (χ2v) is 9.40. The van der Waals surface area contributed by atoms with Gasteiger partial charge in [0, 0.05) is 17.3 Å². The molecule has 8 heteroatoms. The first-order chi connectivity index (χ1) is 16.9. The molecule has 0 aliphatic carbocycles. The van der Waals surface area contributed by atoms with Crippen molar-refractivity contribution < 1.29 is 9.53 Å². The van der Waals surface area contributed by atoms with E-state index >= 15 is 0 Å². The Bertz CT molecular complexity index is 1540. The monoisotopic (exact) mass is 481 g/mol. The highest BCUT2D eigenvalue weighted by Gasteiger charge is 2.25. The third kappa shape index (κ3) is 4.56. The summed E-state index contributed by atoms with van der Waals surface area (Å²) in [6.45, 7) is 5.85. The third-order valence-corrected chi connectivity index (χ3v) is 6.52. The number of fused-ring (bicyclic) bond motifs is 1. The molecule has 0 spiro atoms. The summed E-state index contributed by atoms with van der Waals surface area (Å²) in [7, 11) is 0. The van der Waals surface area contributed by atoms with Crippen molar-refractivity contribution in [1.82, 2.24) is 15.0 Å². The minimum atomic E-state index is -0.387. The highest BCUT2D eigenvalue weighted by molar-refractivity contribution is 7.18. The standard InChI is InChI=1S/C27H23N5O2S/c1-15-8-7-9-16(2)23(15)30-25(33)22-24(18-10-5-4-6-11-18)31-27(28)32-26(22)34-19-12-13-21-20(14-19)29-17(3)35-21/h4-14H,1-3H3,(H,30,33)(H2,28,31,32). The van der Waals surface area contributed by atoms with E-state index in [1.165, 1.54) is 0 Å². The number of nitrogen functional groups attached to an aromatic ring is 1. The molecular formula is C27H23N5O2S. The van der Waals surface area contributed by atoms with Gasteiger partial charge in [-0.05, 0) is 44.0 Å². The summed E-state index contributed by atoms with van der Waals surface area (Å²) in [5.74, 6) is 0.197. The summed E-state index contributed by atoms with van der Waals surface area (Å²) < 4.78 is 7.21. The quantitative estimate of drug-likeness (QED) is 0.305. The summed E-state index contributed by atoms with van der Waals surface area (Å²) in [5.41, 5.74) is 10.8. The number of aromatic nitrogens is 3. The predicted molar refractivity (Wildman–Crippen MR) is 140 cm³/mol. The van der Waals surface area contributed by atoms with Crippen LogP contribution in [0.3, 0.4) is 0 Å². The van der Waals surface area contributed by atoms with E-state index in [1.807, 2.05) is 87.5 Å². The van der Waals surface area contributed by atoms with E-state index in [-0.39, 0.29) is 23.3 Å². The highest BCUT2D eigenvalue weighted by Crippen LogP contribution is 2.34.